The molecular weight excluding hydrogens is 390 g/mol. The molecule has 0 aromatic rings. The molecule has 2 fully saturated rings. The average molecular weight is 430 g/mol. The summed E-state index contributed by atoms with van der Waals surface area (Å²) >= 11 is 0. The van der Waals surface area contributed by atoms with Crippen LogP contribution in [0.15, 0.2) is 0 Å². The zero-order valence-corrected chi connectivity index (χ0v) is 19.3. The molecule has 0 radical (unpaired) electrons. The molecule has 1 amide bonds. The Morgan fingerprint density at radius 2 is 1.67 bits per heavy atom. The SMILES string of the molecule is CCOC(=O)C1CCC(OC[C@@H]2[C@@H](OCC)[C@@H](OC)CN2C(=O)OC(C)(C)C)CC1. The van der Waals surface area contributed by atoms with Crippen molar-refractivity contribution < 1.29 is 33.3 Å². The fourth-order valence-corrected chi connectivity index (χ4v) is 4.15. The van der Waals surface area contributed by atoms with Gasteiger partial charge >= 0.3 is 12.1 Å². The molecule has 30 heavy (non-hydrogen) atoms. The van der Waals surface area contributed by atoms with Crippen LogP contribution < -0.4 is 0 Å². The first-order valence-electron chi connectivity index (χ1n) is 11.1. The first-order valence-corrected chi connectivity index (χ1v) is 11.1. The zero-order valence-electron chi connectivity index (χ0n) is 19.3. The summed E-state index contributed by atoms with van der Waals surface area (Å²) in [6, 6.07) is -0.285. The maximum absolute atomic E-state index is 12.8. The van der Waals surface area contributed by atoms with Crippen molar-refractivity contribution in [1.29, 1.82) is 0 Å². The molecule has 8 heteroatoms. The second-order valence-electron chi connectivity index (χ2n) is 8.95. The van der Waals surface area contributed by atoms with Crippen LogP contribution in [0.25, 0.3) is 0 Å². The van der Waals surface area contributed by atoms with E-state index in [0.29, 0.717) is 26.4 Å². The van der Waals surface area contributed by atoms with Crippen LogP contribution in [-0.2, 0) is 28.5 Å². The Hall–Kier alpha value is -1.38. The van der Waals surface area contributed by atoms with E-state index in [2.05, 4.69) is 0 Å². The van der Waals surface area contributed by atoms with Gasteiger partial charge in [-0.1, -0.05) is 0 Å². The van der Waals surface area contributed by atoms with Gasteiger partial charge in [0.2, 0.25) is 0 Å². The monoisotopic (exact) mass is 429 g/mol. The van der Waals surface area contributed by atoms with Crippen molar-refractivity contribution in [2.45, 2.75) is 90.3 Å². The molecule has 2 rings (SSSR count). The molecule has 174 valence electrons. The van der Waals surface area contributed by atoms with Crippen LogP contribution in [0.3, 0.4) is 0 Å². The van der Waals surface area contributed by atoms with E-state index in [9.17, 15) is 9.59 Å². The summed E-state index contributed by atoms with van der Waals surface area (Å²) in [6.45, 7) is 11.0. The summed E-state index contributed by atoms with van der Waals surface area (Å²) in [7, 11) is 1.63. The number of likely N-dealkylation sites (tertiary alicyclic amines) is 1. The normalized spacial score (nSPS) is 29.7. The molecule has 0 unspecified atom stereocenters. The van der Waals surface area contributed by atoms with Crippen LogP contribution in [0.5, 0.6) is 0 Å². The van der Waals surface area contributed by atoms with E-state index in [1.165, 1.54) is 0 Å². The Kier molecular flexibility index (Phi) is 9.37. The van der Waals surface area contributed by atoms with Crippen molar-refractivity contribution in [3.63, 3.8) is 0 Å². The number of nitrogens with zero attached hydrogens (tertiary/aromatic N) is 1. The third-order valence-electron chi connectivity index (χ3n) is 5.61. The van der Waals surface area contributed by atoms with Crippen molar-refractivity contribution in [2.24, 2.45) is 5.92 Å². The molecule has 0 N–H and O–H groups in total. The van der Waals surface area contributed by atoms with Gasteiger partial charge in [-0.15, -0.1) is 0 Å². The average Bonchev–Trinajstić information content (AvgIpc) is 3.03. The topological polar surface area (TPSA) is 83.5 Å². The number of ether oxygens (including phenoxy) is 5. The van der Waals surface area contributed by atoms with Gasteiger partial charge in [0.05, 0.1) is 37.8 Å². The van der Waals surface area contributed by atoms with Gasteiger partial charge in [-0.25, -0.2) is 4.79 Å². The van der Waals surface area contributed by atoms with Crippen LogP contribution >= 0.6 is 0 Å². The molecule has 3 atom stereocenters. The standard InChI is InChI=1S/C22H39NO7/c1-7-27-19-17(23(13-18(19)26-6)21(25)30-22(3,4)5)14-29-16-11-9-15(10-12-16)20(24)28-8-2/h15-19H,7-14H2,1-6H3/t15?,16?,17-,18+,19-/m1/s1. The molecule has 1 aliphatic heterocycles. The van der Waals surface area contributed by atoms with Crippen LogP contribution in [0.2, 0.25) is 0 Å². The number of methoxy groups -OCH3 is 1. The predicted octanol–water partition coefficient (Wildman–Crippen LogP) is 3.16. The Bertz CT molecular complexity index is 554. The maximum Gasteiger partial charge on any atom is 0.410 e. The number of esters is 1. The zero-order chi connectivity index (χ0) is 22.3. The first kappa shape index (κ1) is 24.9. The van der Waals surface area contributed by atoms with Crippen LogP contribution in [0, 0.1) is 5.92 Å². The van der Waals surface area contributed by atoms with Gasteiger partial charge in [0, 0.05) is 13.7 Å². The highest BCUT2D eigenvalue weighted by atomic mass is 16.6. The molecule has 8 nitrogen and oxygen atoms in total. The summed E-state index contributed by atoms with van der Waals surface area (Å²) in [5.74, 6) is -0.147. The lowest BCUT2D eigenvalue weighted by atomic mass is 9.87. The van der Waals surface area contributed by atoms with Crippen molar-refractivity contribution >= 4 is 12.1 Å². The number of carbonyl (C=O) groups excluding carboxylic acids is 2. The molecular formula is C22H39NO7. The lowest BCUT2D eigenvalue weighted by Gasteiger charge is -2.32. The molecule has 0 aromatic heterocycles. The minimum atomic E-state index is -0.583. The number of carbonyl (C=O) groups is 2. The van der Waals surface area contributed by atoms with Crippen molar-refractivity contribution in [3.05, 3.63) is 0 Å². The molecule has 2 aliphatic rings. The van der Waals surface area contributed by atoms with Crippen molar-refractivity contribution in [2.75, 3.05) is 33.5 Å². The van der Waals surface area contributed by atoms with E-state index < -0.39 is 5.60 Å². The van der Waals surface area contributed by atoms with E-state index in [1.807, 2.05) is 34.6 Å². The second-order valence-corrected chi connectivity index (χ2v) is 8.95. The Labute approximate surface area is 180 Å². The van der Waals surface area contributed by atoms with E-state index in [0.717, 1.165) is 25.7 Å². The molecule has 0 bridgehead atoms. The van der Waals surface area contributed by atoms with Crippen molar-refractivity contribution in [3.8, 4) is 0 Å². The molecule has 1 saturated carbocycles. The van der Waals surface area contributed by atoms with Gasteiger partial charge < -0.3 is 23.7 Å². The fourth-order valence-electron chi connectivity index (χ4n) is 4.15. The minimum absolute atomic E-state index is 0.0383. The quantitative estimate of drug-likeness (QED) is 0.548. The van der Waals surface area contributed by atoms with Gasteiger partial charge in [-0.05, 0) is 60.3 Å². The Balaban J connectivity index is 1.98. The number of rotatable bonds is 8. The summed E-state index contributed by atoms with van der Waals surface area (Å²) in [5.41, 5.74) is -0.583. The van der Waals surface area contributed by atoms with Crippen LogP contribution in [0.4, 0.5) is 4.79 Å². The summed E-state index contributed by atoms with van der Waals surface area (Å²) < 4.78 is 28.4. The Morgan fingerprint density at radius 3 is 2.20 bits per heavy atom. The van der Waals surface area contributed by atoms with Gasteiger partial charge in [-0.2, -0.15) is 0 Å². The van der Waals surface area contributed by atoms with Crippen molar-refractivity contribution in [1.82, 2.24) is 4.90 Å². The van der Waals surface area contributed by atoms with Crippen LogP contribution in [-0.4, -0.2) is 80.4 Å². The highest BCUT2D eigenvalue weighted by Gasteiger charge is 2.47. The second kappa shape index (κ2) is 11.3. The highest BCUT2D eigenvalue weighted by molar-refractivity contribution is 5.72. The molecule has 1 saturated heterocycles. The molecule has 0 aromatic carbocycles. The lowest BCUT2D eigenvalue weighted by Crippen LogP contribution is -2.46. The molecule has 1 heterocycles. The van der Waals surface area contributed by atoms with E-state index >= 15 is 0 Å². The summed E-state index contributed by atoms with van der Waals surface area (Å²) in [5, 5.41) is 0. The van der Waals surface area contributed by atoms with Gasteiger partial charge in [-0.3, -0.25) is 9.69 Å². The van der Waals surface area contributed by atoms with Gasteiger partial charge in [0.15, 0.2) is 0 Å². The maximum atomic E-state index is 12.8. The van der Waals surface area contributed by atoms with E-state index in [4.69, 9.17) is 23.7 Å². The smallest absolute Gasteiger partial charge is 0.410 e. The highest BCUT2D eigenvalue weighted by Crippen LogP contribution is 2.30. The van der Waals surface area contributed by atoms with E-state index in [1.54, 1.807) is 12.0 Å². The van der Waals surface area contributed by atoms with E-state index in [-0.39, 0.29) is 42.3 Å². The number of amides is 1. The number of hydrogen-bond donors (Lipinski definition) is 0. The lowest BCUT2D eigenvalue weighted by molar-refractivity contribution is -0.150. The van der Waals surface area contributed by atoms with Gasteiger partial charge in [0.25, 0.3) is 0 Å². The van der Waals surface area contributed by atoms with Gasteiger partial charge in [0.1, 0.15) is 17.8 Å². The first-order chi connectivity index (χ1) is 14.2. The number of hydrogen-bond acceptors (Lipinski definition) is 7. The van der Waals surface area contributed by atoms with Crippen LogP contribution in [0.1, 0.15) is 60.3 Å². The Morgan fingerprint density at radius 1 is 1.00 bits per heavy atom. The summed E-state index contributed by atoms with van der Waals surface area (Å²) in [6.07, 6.45) is 2.30. The third-order valence-corrected chi connectivity index (χ3v) is 5.61. The minimum Gasteiger partial charge on any atom is -0.466 e. The third kappa shape index (κ3) is 6.82. The fraction of sp³-hybridized carbons (Fsp3) is 0.909. The summed E-state index contributed by atoms with van der Waals surface area (Å²) in [4.78, 5) is 26.4. The predicted molar refractivity (Wildman–Crippen MR) is 111 cm³/mol. The largest absolute Gasteiger partial charge is 0.466 e. The molecule has 1 aliphatic carbocycles. The molecule has 0 spiro atoms.